The van der Waals surface area contributed by atoms with Crippen molar-refractivity contribution in [3.05, 3.63) is 22.6 Å². The zero-order valence-electron chi connectivity index (χ0n) is 6.57. The van der Waals surface area contributed by atoms with Gasteiger partial charge in [0.25, 0.3) is 0 Å². The third-order valence-corrected chi connectivity index (χ3v) is 2.20. The lowest BCUT2D eigenvalue weighted by Crippen LogP contribution is -1.95. The van der Waals surface area contributed by atoms with E-state index in [1.54, 1.807) is 19.1 Å². The van der Waals surface area contributed by atoms with Crippen molar-refractivity contribution in [3.63, 3.8) is 0 Å². The number of aliphatic carboxylic acids is 1. The van der Waals surface area contributed by atoms with Gasteiger partial charge in [-0.2, -0.15) is 0 Å². The molecule has 0 atom stereocenters. The second kappa shape index (κ2) is 3.40. The molecule has 0 fully saturated rings. The van der Waals surface area contributed by atoms with Gasteiger partial charge >= 0.3 is 5.97 Å². The summed E-state index contributed by atoms with van der Waals surface area (Å²) >= 11 is 1.40. The maximum atomic E-state index is 10.4. The lowest BCUT2D eigenvalue weighted by Gasteiger charge is -1.92. The number of carbonyl (C=O) groups is 1. The number of hydrogen-bond donors (Lipinski definition) is 2. The number of anilines is 1. The molecule has 1 aromatic rings. The molecule has 0 aromatic carbocycles. The number of carboxylic acid groups (broad SMARTS) is 1. The SMILES string of the molecule is CC(=Cc1ccsc1N)C(=O)O. The van der Waals surface area contributed by atoms with Gasteiger partial charge in [-0.1, -0.05) is 0 Å². The first kappa shape index (κ1) is 8.80. The molecule has 0 saturated heterocycles. The van der Waals surface area contributed by atoms with Crippen LogP contribution >= 0.6 is 11.3 Å². The Morgan fingerprint density at radius 3 is 2.83 bits per heavy atom. The van der Waals surface area contributed by atoms with Gasteiger partial charge < -0.3 is 10.8 Å². The van der Waals surface area contributed by atoms with Crippen molar-refractivity contribution in [2.45, 2.75) is 6.92 Å². The molecule has 12 heavy (non-hydrogen) atoms. The van der Waals surface area contributed by atoms with Crippen LogP contribution in [0.1, 0.15) is 12.5 Å². The summed E-state index contributed by atoms with van der Waals surface area (Å²) in [6.07, 6.45) is 1.56. The average molecular weight is 183 g/mol. The van der Waals surface area contributed by atoms with Crippen molar-refractivity contribution in [2.75, 3.05) is 5.73 Å². The number of carboxylic acids is 1. The minimum absolute atomic E-state index is 0.292. The molecule has 4 heteroatoms. The Morgan fingerprint density at radius 2 is 2.42 bits per heavy atom. The highest BCUT2D eigenvalue weighted by molar-refractivity contribution is 7.14. The molecule has 1 heterocycles. The van der Waals surface area contributed by atoms with Crippen LogP contribution in [0.2, 0.25) is 0 Å². The summed E-state index contributed by atoms with van der Waals surface area (Å²) in [5.74, 6) is -0.916. The van der Waals surface area contributed by atoms with E-state index >= 15 is 0 Å². The van der Waals surface area contributed by atoms with Gasteiger partial charge in [-0.25, -0.2) is 4.79 Å². The van der Waals surface area contributed by atoms with Crippen LogP contribution in [-0.2, 0) is 4.79 Å². The quantitative estimate of drug-likeness (QED) is 0.687. The zero-order chi connectivity index (χ0) is 9.14. The second-order valence-corrected chi connectivity index (χ2v) is 3.32. The third-order valence-electron chi connectivity index (χ3n) is 1.44. The molecule has 0 amide bonds. The fourth-order valence-electron chi connectivity index (χ4n) is 0.745. The minimum atomic E-state index is -0.916. The van der Waals surface area contributed by atoms with Crippen LogP contribution < -0.4 is 5.73 Å². The monoisotopic (exact) mass is 183 g/mol. The molecule has 0 radical (unpaired) electrons. The summed E-state index contributed by atoms with van der Waals surface area (Å²) in [6.45, 7) is 1.54. The predicted octanol–water partition coefficient (Wildman–Crippen LogP) is 1.82. The minimum Gasteiger partial charge on any atom is -0.478 e. The highest BCUT2D eigenvalue weighted by Crippen LogP contribution is 2.21. The van der Waals surface area contributed by atoms with E-state index in [4.69, 9.17) is 10.8 Å². The van der Waals surface area contributed by atoms with Crippen LogP contribution in [0.3, 0.4) is 0 Å². The largest absolute Gasteiger partial charge is 0.478 e. The van der Waals surface area contributed by atoms with Gasteiger partial charge in [-0.05, 0) is 24.4 Å². The molecule has 0 aliphatic heterocycles. The Hall–Kier alpha value is -1.29. The van der Waals surface area contributed by atoms with E-state index in [9.17, 15) is 4.79 Å². The summed E-state index contributed by atoms with van der Waals surface area (Å²) in [7, 11) is 0. The third kappa shape index (κ3) is 1.85. The van der Waals surface area contributed by atoms with E-state index < -0.39 is 5.97 Å². The van der Waals surface area contributed by atoms with E-state index in [2.05, 4.69) is 0 Å². The van der Waals surface area contributed by atoms with Crippen molar-refractivity contribution in [1.29, 1.82) is 0 Å². The van der Waals surface area contributed by atoms with E-state index in [0.29, 0.717) is 10.6 Å². The van der Waals surface area contributed by atoms with Crippen LogP contribution in [0.25, 0.3) is 6.08 Å². The first-order chi connectivity index (χ1) is 5.61. The molecule has 0 spiro atoms. The molecular formula is C8H9NO2S. The fraction of sp³-hybridized carbons (Fsp3) is 0.125. The van der Waals surface area contributed by atoms with Crippen LogP contribution in [0, 0.1) is 0 Å². The van der Waals surface area contributed by atoms with Gasteiger partial charge in [0.15, 0.2) is 0 Å². The molecule has 0 saturated carbocycles. The van der Waals surface area contributed by atoms with Crippen molar-refractivity contribution < 1.29 is 9.90 Å². The molecule has 64 valence electrons. The van der Waals surface area contributed by atoms with Crippen LogP contribution in [-0.4, -0.2) is 11.1 Å². The molecule has 0 bridgehead atoms. The summed E-state index contributed by atoms with van der Waals surface area (Å²) in [4.78, 5) is 10.4. The topological polar surface area (TPSA) is 63.3 Å². The summed E-state index contributed by atoms with van der Waals surface area (Å²) < 4.78 is 0. The Kier molecular flexibility index (Phi) is 2.50. The summed E-state index contributed by atoms with van der Waals surface area (Å²) in [5.41, 5.74) is 6.64. The number of nitrogen functional groups attached to an aromatic ring is 1. The van der Waals surface area contributed by atoms with Crippen LogP contribution in [0.5, 0.6) is 0 Å². The maximum Gasteiger partial charge on any atom is 0.331 e. The van der Waals surface area contributed by atoms with Crippen LogP contribution in [0.15, 0.2) is 17.0 Å². The predicted molar refractivity (Wildman–Crippen MR) is 50.0 cm³/mol. The molecule has 0 unspecified atom stereocenters. The first-order valence-electron chi connectivity index (χ1n) is 3.36. The number of hydrogen-bond acceptors (Lipinski definition) is 3. The van der Waals surface area contributed by atoms with Gasteiger partial charge in [0.2, 0.25) is 0 Å². The molecular weight excluding hydrogens is 174 g/mol. The maximum absolute atomic E-state index is 10.4. The molecule has 3 nitrogen and oxygen atoms in total. The van der Waals surface area contributed by atoms with Crippen molar-refractivity contribution in [2.24, 2.45) is 0 Å². The highest BCUT2D eigenvalue weighted by atomic mass is 32.1. The van der Waals surface area contributed by atoms with Gasteiger partial charge in [-0.15, -0.1) is 11.3 Å². The molecule has 0 aliphatic carbocycles. The fourth-order valence-corrected chi connectivity index (χ4v) is 1.37. The van der Waals surface area contributed by atoms with Gasteiger partial charge in [-0.3, -0.25) is 0 Å². The van der Waals surface area contributed by atoms with Gasteiger partial charge in [0.05, 0.1) is 5.00 Å². The normalized spacial score (nSPS) is 11.6. The Bertz CT molecular complexity index is 328. The van der Waals surface area contributed by atoms with E-state index in [1.807, 2.05) is 5.38 Å². The van der Waals surface area contributed by atoms with Crippen LogP contribution in [0.4, 0.5) is 5.00 Å². The second-order valence-electron chi connectivity index (χ2n) is 2.37. The lowest BCUT2D eigenvalue weighted by molar-refractivity contribution is -0.132. The number of thiophene rings is 1. The highest BCUT2D eigenvalue weighted by Gasteiger charge is 2.02. The van der Waals surface area contributed by atoms with Crippen molar-refractivity contribution >= 4 is 28.4 Å². The lowest BCUT2D eigenvalue weighted by atomic mass is 10.2. The van der Waals surface area contributed by atoms with Crippen molar-refractivity contribution in [1.82, 2.24) is 0 Å². The zero-order valence-corrected chi connectivity index (χ0v) is 7.39. The summed E-state index contributed by atoms with van der Waals surface area (Å²) in [6, 6.07) is 1.80. The Morgan fingerprint density at radius 1 is 1.75 bits per heavy atom. The van der Waals surface area contributed by atoms with E-state index in [-0.39, 0.29) is 0 Å². The Labute approximate surface area is 74.1 Å². The molecule has 1 aromatic heterocycles. The summed E-state index contributed by atoms with van der Waals surface area (Å²) in [5, 5.41) is 11.0. The number of rotatable bonds is 2. The van der Waals surface area contributed by atoms with E-state index in [1.165, 1.54) is 11.3 Å². The smallest absolute Gasteiger partial charge is 0.331 e. The average Bonchev–Trinajstić information content (AvgIpc) is 2.36. The molecule has 3 N–H and O–H groups in total. The van der Waals surface area contributed by atoms with Gasteiger partial charge in [0.1, 0.15) is 0 Å². The number of nitrogens with two attached hydrogens (primary N) is 1. The Balaban J connectivity index is 2.95. The first-order valence-corrected chi connectivity index (χ1v) is 4.24. The van der Waals surface area contributed by atoms with E-state index in [0.717, 1.165) is 5.56 Å². The molecule has 1 rings (SSSR count). The molecule has 0 aliphatic rings. The van der Waals surface area contributed by atoms with Gasteiger partial charge in [0, 0.05) is 11.1 Å². The van der Waals surface area contributed by atoms with Crippen molar-refractivity contribution in [3.8, 4) is 0 Å². The standard InChI is InChI=1S/C8H9NO2S/c1-5(8(10)11)4-6-2-3-12-7(6)9/h2-4H,9H2,1H3,(H,10,11).